The fourth-order valence-corrected chi connectivity index (χ4v) is 5.55. The molecule has 2 fully saturated rings. The van der Waals surface area contributed by atoms with Crippen LogP contribution in [0, 0.1) is 5.82 Å². The zero-order chi connectivity index (χ0) is 26.8. The average molecular weight is 532 g/mol. The normalized spacial score (nSPS) is 19.1. The van der Waals surface area contributed by atoms with Crippen molar-refractivity contribution in [2.75, 3.05) is 43.4 Å². The van der Waals surface area contributed by atoms with Crippen molar-refractivity contribution < 1.29 is 17.6 Å². The van der Waals surface area contributed by atoms with E-state index in [1.165, 1.54) is 12.4 Å². The van der Waals surface area contributed by atoms with Crippen LogP contribution >= 0.6 is 0 Å². The summed E-state index contributed by atoms with van der Waals surface area (Å²) in [5.74, 6) is 1.46. The Morgan fingerprint density at radius 1 is 1.08 bits per heavy atom. The molecule has 2 N–H and O–H groups in total. The minimum absolute atomic E-state index is 0.155. The number of nitrogen functional groups attached to an aromatic ring is 1. The molecule has 11 heteroatoms. The first-order valence-electron chi connectivity index (χ1n) is 13.2. The van der Waals surface area contributed by atoms with Gasteiger partial charge in [0, 0.05) is 62.5 Å². The third-order valence-electron chi connectivity index (χ3n) is 7.68. The molecule has 0 radical (unpaired) electrons. The standard InChI is InChI=1S/C27H33F4N7/c1-2-20-25(32)33-16-34-27(20)37-9-5-17(6-10-37)26-35-23(18-3-4-21(24(30)31)22(29)13-18)15-38(26)12-11-36-8-7-19(28)14-36/h3-4,13,15-17,19,24H,2,5-12,14H2,1H3,(H2,32,33,34). The summed E-state index contributed by atoms with van der Waals surface area (Å²) < 4.78 is 56.3. The summed E-state index contributed by atoms with van der Waals surface area (Å²) >= 11 is 0. The van der Waals surface area contributed by atoms with E-state index in [-0.39, 0.29) is 5.92 Å². The summed E-state index contributed by atoms with van der Waals surface area (Å²) in [5.41, 5.74) is 7.41. The topological polar surface area (TPSA) is 76.1 Å². The zero-order valence-corrected chi connectivity index (χ0v) is 21.5. The predicted octanol–water partition coefficient (Wildman–Crippen LogP) is 4.99. The van der Waals surface area contributed by atoms with E-state index in [0.29, 0.717) is 43.1 Å². The number of anilines is 2. The number of rotatable bonds is 8. The van der Waals surface area contributed by atoms with E-state index in [2.05, 4.69) is 24.3 Å². The summed E-state index contributed by atoms with van der Waals surface area (Å²) in [6.07, 6.45) is 2.64. The summed E-state index contributed by atoms with van der Waals surface area (Å²) in [7, 11) is 0. The van der Waals surface area contributed by atoms with Crippen LogP contribution in [0.25, 0.3) is 11.3 Å². The molecule has 1 aromatic carbocycles. The molecular formula is C27H33F4N7. The number of piperidine rings is 1. The Morgan fingerprint density at radius 3 is 2.53 bits per heavy atom. The van der Waals surface area contributed by atoms with Crippen molar-refractivity contribution in [2.45, 2.75) is 57.7 Å². The van der Waals surface area contributed by atoms with E-state index < -0.39 is 24.0 Å². The number of nitrogens with two attached hydrogens (primary N) is 1. The highest BCUT2D eigenvalue weighted by atomic mass is 19.3. The van der Waals surface area contributed by atoms with Crippen molar-refractivity contribution in [1.82, 2.24) is 24.4 Å². The largest absolute Gasteiger partial charge is 0.383 e. The molecule has 7 nitrogen and oxygen atoms in total. The Balaban J connectivity index is 1.38. The van der Waals surface area contributed by atoms with Crippen LogP contribution in [-0.2, 0) is 13.0 Å². The van der Waals surface area contributed by atoms with Gasteiger partial charge in [-0.05, 0) is 37.8 Å². The number of hydrogen-bond acceptors (Lipinski definition) is 6. The average Bonchev–Trinajstić information content (AvgIpc) is 3.53. The van der Waals surface area contributed by atoms with Gasteiger partial charge in [-0.3, -0.25) is 4.90 Å². The van der Waals surface area contributed by atoms with E-state index >= 15 is 0 Å². The maximum Gasteiger partial charge on any atom is 0.266 e. The minimum atomic E-state index is -2.87. The lowest BCUT2D eigenvalue weighted by Crippen LogP contribution is -2.35. The molecule has 38 heavy (non-hydrogen) atoms. The van der Waals surface area contributed by atoms with Gasteiger partial charge in [0.05, 0.1) is 11.3 Å². The molecule has 0 bridgehead atoms. The van der Waals surface area contributed by atoms with E-state index in [4.69, 9.17) is 10.7 Å². The molecule has 1 unspecified atom stereocenters. The van der Waals surface area contributed by atoms with Crippen LogP contribution in [0.1, 0.15) is 55.5 Å². The van der Waals surface area contributed by atoms with Gasteiger partial charge in [0.25, 0.3) is 6.43 Å². The maximum atomic E-state index is 14.4. The third kappa shape index (κ3) is 5.48. The monoisotopic (exact) mass is 531 g/mol. The number of alkyl halides is 3. The number of hydrogen-bond donors (Lipinski definition) is 1. The highest BCUT2D eigenvalue weighted by Gasteiger charge is 2.28. The van der Waals surface area contributed by atoms with E-state index in [9.17, 15) is 17.6 Å². The molecule has 2 aliphatic rings. The number of aromatic nitrogens is 4. The highest BCUT2D eigenvalue weighted by molar-refractivity contribution is 5.60. The SMILES string of the molecule is CCc1c(N)ncnc1N1CCC(c2nc(-c3ccc(C(F)F)c(F)c3)cn2CCN2CCC(F)C2)CC1. The molecule has 5 rings (SSSR count). The predicted molar refractivity (Wildman–Crippen MR) is 139 cm³/mol. The fraction of sp³-hybridized carbons (Fsp3) is 0.519. The van der Waals surface area contributed by atoms with Gasteiger partial charge in [-0.25, -0.2) is 32.5 Å². The first kappa shape index (κ1) is 26.4. The second-order valence-corrected chi connectivity index (χ2v) is 10.1. The molecule has 204 valence electrons. The summed E-state index contributed by atoms with van der Waals surface area (Å²) in [6.45, 7) is 6.02. The Bertz CT molecular complexity index is 1260. The number of likely N-dealkylation sites (tertiary alicyclic amines) is 1. The zero-order valence-electron chi connectivity index (χ0n) is 21.5. The first-order chi connectivity index (χ1) is 18.3. The summed E-state index contributed by atoms with van der Waals surface area (Å²) in [6, 6.07) is 3.74. The van der Waals surface area contributed by atoms with Crippen molar-refractivity contribution in [2.24, 2.45) is 0 Å². The molecule has 4 heterocycles. The van der Waals surface area contributed by atoms with E-state index in [1.807, 2.05) is 13.1 Å². The first-order valence-corrected chi connectivity index (χ1v) is 13.2. The van der Waals surface area contributed by atoms with E-state index in [0.717, 1.165) is 68.2 Å². The number of imidazole rings is 1. The fourth-order valence-electron chi connectivity index (χ4n) is 5.55. The Labute approximate surface area is 219 Å². The van der Waals surface area contributed by atoms with Crippen LogP contribution in [0.15, 0.2) is 30.7 Å². The van der Waals surface area contributed by atoms with Crippen LogP contribution in [-0.4, -0.2) is 63.3 Å². The van der Waals surface area contributed by atoms with Crippen molar-refractivity contribution in [3.8, 4) is 11.3 Å². The lowest BCUT2D eigenvalue weighted by Gasteiger charge is -2.34. The van der Waals surface area contributed by atoms with Gasteiger partial charge in [-0.2, -0.15) is 0 Å². The smallest absolute Gasteiger partial charge is 0.266 e. The van der Waals surface area contributed by atoms with Crippen molar-refractivity contribution in [3.05, 3.63) is 53.5 Å². The van der Waals surface area contributed by atoms with Gasteiger partial charge in [0.2, 0.25) is 0 Å². The lowest BCUT2D eigenvalue weighted by molar-refractivity contribution is 0.146. The highest BCUT2D eigenvalue weighted by Crippen LogP contribution is 2.34. The Hall–Kier alpha value is -3.21. The molecule has 0 saturated carbocycles. The molecule has 0 spiro atoms. The maximum absolute atomic E-state index is 14.4. The van der Waals surface area contributed by atoms with Crippen molar-refractivity contribution >= 4 is 11.6 Å². The summed E-state index contributed by atoms with van der Waals surface area (Å²) in [5, 5.41) is 0. The van der Waals surface area contributed by atoms with Gasteiger partial charge < -0.3 is 15.2 Å². The molecule has 2 aromatic heterocycles. The lowest BCUT2D eigenvalue weighted by atomic mass is 9.95. The molecule has 1 atom stereocenters. The second-order valence-electron chi connectivity index (χ2n) is 10.1. The Morgan fingerprint density at radius 2 is 1.87 bits per heavy atom. The second kappa shape index (κ2) is 11.3. The Kier molecular flexibility index (Phi) is 7.83. The molecule has 2 saturated heterocycles. The van der Waals surface area contributed by atoms with Gasteiger partial charge in [-0.15, -0.1) is 0 Å². The number of nitrogens with zero attached hydrogens (tertiary/aromatic N) is 6. The van der Waals surface area contributed by atoms with Gasteiger partial charge in [-0.1, -0.05) is 13.0 Å². The summed E-state index contributed by atoms with van der Waals surface area (Å²) in [4.78, 5) is 17.8. The minimum Gasteiger partial charge on any atom is -0.383 e. The molecule has 2 aliphatic heterocycles. The van der Waals surface area contributed by atoms with Crippen LogP contribution < -0.4 is 10.6 Å². The molecular weight excluding hydrogens is 498 g/mol. The molecule has 0 amide bonds. The molecule has 0 aliphatic carbocycles. The third-order valence-corrected chi connectivity index (χ3v) is 7.68. The quantitative estimate of drug-likeness (QED) is 0.413. The van der Waals surface area contributed by atoms with Crippen LogP contribution in [0.4, 0.5) is 29.2 Å². The van der Waals surface area contributed by atoms with Gasteiger partial charge >= 0.3 is 0 Å². The van der Waals surface area contributed by atoms with Crippen molar-refractivity contribution in [1.29, 1.82) is 0 Å². The van der Waals surface area contributed by atoms with Crippen LogP contribution in [0.3, 0.4) is 0 Å². The van der Waals surface area contributed by atoms with Gasteiger partial charge in [0.15, 0.2) is 0 Å². The van der Waals surface area contributed by atoms with Gasteiger partial charge in [0.1, 0.15) is 35.8 Å². The number of benzene rings is 1. The van der Waals surface area contributed by atoms with Crippen molar-refractivity contribution in [3.63, 3.8) is 0 Å². The van der Waals surface area contributed by atoms with Crippen LogP contribution in [0.5, 0.6) is 0 Å². The number of halogens is 4. The molecule has 3 aromatic rings. The van der Waals surface area contributed by atoms with E-state index in [1.54, 1.807) is 0 Å². The van der Waals surface area contributed by atoms with Crippen LogP contribution in [0.2, 0.25) is 0 Å².